The van der Waals surface area contributed by atoms with E-state index in [1.807, 2.05) is 7.11 Å². The average Bonchev–Trinajstić information content (AvgIpc) is 2.63. The van der Waals surface area contributed by atoms with Gasteiger partial charge in [0.15, 0.2) is 0 Å². The highest BCUT2D eigenvalue weighted by Crippen LogP contribution is 2.42. The van der Waals surface area contributed by atoms with Crippen LogP contribution in [0.25, 0.3) is 0 Å². The minimum absolute atomic E-state index is 0.287. The van der Waals surface area contributed by atoms with Crippen LogP contribution >= 0.6 is 0 Å². The molecular formula is C13H26N2O. The highest BCUT2D eigenvalue weighted by atomic mass is 16.5. The molecule has 3 heteroatoms. The molecule has 0 aromatic heterocycles. The normalized spacial score (nSPS) is 42.0. The third-order valence-electron chi connectivity index (χ3n) is 4.70. The van der Waals surface area contributed by atoms with E-state index in [2.05, 4.69) is 19.2 Å². The van der Waals surface area contributed by atoms with Gasteiger partial charge >= 0.3 is 0 Å². The molecule has 3 nitrogen and oxygen atoms in total. The highest BCUT2D eigenvalue weighted by Gasteiger charge is 2.48. The van der Waals surface area contributed by atoms with Crippen molar-refractivity contribution in [3.05, 3.63) is 0 Å². The summed E-state index contributed by atoms with van der Waals surface area (Å²) in [6.45, 7) is 5.73. The maximum atomic E-state index is 5.93. The third kappa shape index (κ3) is 2.27. The Hall–Kier alpha value is -0.120. The lowest BCUT2D eigenvalue weighted by Crippen LogP contribution is -2.61. The minimum Gasteiger partial charge on any atom is -0.381 e. The molecule has 2 rings (SSSR count). The van der Waals surface area contributed by atoms with Gasteiger partial charge in [-0.05, 0) is 38.1 Å². The van der Waals surface area contributed by atoms with Crippen LogP contribution in [-0.4, -0.2) is 31.8 Å². The van der Waals surface area contributed by atoms with Crippen LogP contribution in [0.3, 0.4) is 0 Å². The lowest BCUT2D eigenvalue weighted by molar-refractivity contribution is -0.0980. The first-order valence-electron chi connectivity index (χ1n) is 6.55. The van der Waals surface area contributed by atoms with Gasteiger partial charge in [-0.2, -0.15) is 0 Å². The molecule has 0 saturated heterocycles. The van der Waals surface area contributed by atoms with E-state index in [4.69, 9.17) is 10.5 Å². The van der Waals surface area contributed by atoms with Gasteiger partial charge in [-0.3, -0.25) is 0 Å². The maximum Gasteiger partial charge on any atom is 0.0652 e. The molecule has 0 aliphatic heterocycles. The quantitative estimate of drug-likeness (QED) is 0.764. The molecule has 0 spiro atoms. The van der Waals surface area contributed by atoms with E-state index >= 15 is 0 Å². The number of ether oxygens (including phenoxy) is 1. The molecule has 2 aliphatic rings. The molecule has 0 aromatic carbocycles. The van der Waals surface area contributed by atoms with Crippen LogP contribution in [-0.2, 0) is 4.74 Å². The number of hydrogen-bond donors (Lipinski definition) is 2. The largest absolute Gasteiger partial charge is 0.381 e. The van der Waals surface area contributed by atoms with E-state index in [0.717, 1.165) is 18.9 Å². The molecule has 4 atom stereocenters. The summed E-state index contributed by atoms with van der Waals surface area (Å²) in [5.74, 6) is 0.799. The Balaban J connectivity index is 1.72. The standard InChI is InChI=1S/C13H26N2O/c1-13(2)11(7-12(13)16-3)15-8-9-4-5-10(14)6-9/h9-12,15H,4-8,14H2,1-3H3. The lowest BCUT2D eigenvalue weighted by Gasteiger charge is -2.51. The Bertz CT molecular complexity index is 242. The lowest BCUT2D eigenvalue weighted by atomic mass is 9.64. The van der Waals surface area contributed by atoms with E-state index in [0.29, 0.717) is 18.2 Å². The molecule has 2 saturated carbocycles. The predicted molar refractivity (Wildman–Crippen MR) is 66.3 cm³/mol. The fraction of sp³-hybridized carbons (Fsp3) is 1.00. The number of hydrogen-bond acceptors (Lipinski definition) is 3. The van der Waals surface area contributed by atoms with Crippen LogP contribution in [0.1, 0.15) is 39.5 Å². The monoisotopic (exact) mass is 226 g/mol. The van der Waals surface area contributed by atoms with Gasteiger partial charge in [0.25, 0.3) is 0 Å². The zero-order valence-electron chi connectivity index (χ0n) is 10.8. The molecular weight excluding hydrogens is 200 g/mol. The first kappa shape index (κ1) is 12.3. The molecule has 0 heterocycles. The summed E-state index contributed by atoms with van der Waals surface area (Å²) >= 11 is 0. The Labute approximate surface area is 99.1 Å². The number of nitrogens with one attached hydrogen (secondary N) is 1. The van der Waals surface area contributed by atoms with E-state index < -0.39 is 0 Å². The van der Waals surface area contributed by atoms with Gasteiger partial charge in [-0.15, -0.1) is 0 Å². The van der Waals surface area contributed by atoms with Crippen molar-refractivity contribution in [2.24, 2.45) is 17.1 Å². The summed E-state index contributed by atoms with van der Waals surface area (Å²) in [4.78, 5) is 0. The Morgan fingerprint density at radius 1 is 1.31 bits per heavy atom. The van der Waals surface area contributed by atoms with Crippen LogP contribution in [0.2, 0.25) is 0 Å². The molecule has 0 amide bonds. The van der Waals surface area contributed by atoms with Crippen molar-refractivity contribution < 1.29 is 4.74 Å². The highest BCUT2D eigenvalue weighted by molar-refractivity contribution is 5.02. The maximum absolute atomic E-state index is 5.93. The topological polar surface area (TPSA) is 47.3 Å². The number of nitrogens with two attached hydrogens (primary N) is 1. The summed E-state index contributed by atoms with van der Waals surface area (Å²) in [6, 6.07) is 1.07. The van der Waals surface area contributed by atoms with Gasteiger partial charge in [0.1, 0.15) is 0 Å². The summed E-state index contributed by atoms with van der Waals surface area (Å²) in [6.07, 6.45) is 5.29. The Morgan fingerprint density at radius 2 is 2.06 bits per heavy atom. The summed E-state index contributed by atoms with van der Waals surface area (Å²) < 4.78 is 5.46. The van der Waals surface area contributed by atoms with E-state index in [-0.39, 0.29) is 5.41 Å². The van der Waals surface area contributed by atoms with E-state index in [9.17, 15) is 0 Å². The second-order valence-corrected chi connectivity index (χ2v) is 6.18. The van der Waals surface area contributed by atoms with Crippen LogP contribution in [0.15, 0.2) is 0 Å². The minimum atomic E-state index is 0.287. The summed E-state index contributed by atoms with van der Waals surface area (Å²) in [5, 5.41) is 3.70. The van der Waals surface area contributed by atoms with Crippen molar-refractivity contribution >= 4 is 0 Å². The average molecular weight is 226 g/mol. The number of rotatable bonds is 4. The molecule has 0 radical (unpaired) electrons. The SMILES string of the molecule is COC1CC(NCC2CCC(N)C2)C1(C)C. The van der Waals surface area contributed by atoms with Crippen molar-refractivity contribution in [1.82, 2.24) is 5.32 Å². The van der Waals surface area contributed by atoms with Crippen LogP contribution < -0.4 is 11.1 Å². The molecule has 16 heavy (non-hydrogen) atoms. The zero-order valence-corrected chi connectivity index (χ0v) is 10.8. The van der Waals surface area contributed by atoms with Crippen molar-refractivity contribution in [2.45, 2.75) is 57.7 Å². The smallest absolute Gasteiger partial charge is 0.0652 e. The van der Waals surface area contributed by atoms with E-state index in [1.54, 1.807) is 0 Å². The van der Waals surface area contributed by atoms with Crippen LogP contribution in [0.5, 0.6) is 0 Å². The molecule has 0 bridgehead atoms. The molecule has 2 aliphatic carbocycles. The van der Waals surface area contributed by atoms with Crippen molar-refractivity contribution in [3.8, 4) is 0 Å². The first-order valence-corrected chi connectivity index (χ1v) is 6.55. The Kier molecular flexibility index (Phi) is 3.57. The molecule has 2 fully saturated rings. The molecule has 4 unspecified atom stereocenters. The van der Waals surface area contributed by atoms with Crippen molar-refractivity contribution in [3.63, 3.8) is 0 Å². The van der Waals surface area contributed by atoms with Gasteiger partial charge in [0.2, 0.25) is 0 Å². The van der Waals surface area contributed by atoms with Gasteiger partial charge in [0, 0.05) is 24.6 Å². The fourth-order valence-corrected chi connectivity index (χ4v) is 3.24. The van der Waals surface area contributed by atoms with E-state index in [1.165, 1.54) is 19.3 Å². The second kappa shape index (κ2) is 4.63. The second-order valence-electron chi connectivity index (χ2n) is 6.18. The predicted octanol–water partition coefficient (Wildman–Crippen LogP) is 1.52. The van der Waals surface area contributed by atoms with Crippen LogP contribution in [0, 0.1) is 11.3 Å². The third-order valence-corrected chi connectivity index (χ3v) is 4.70. The first-order chi connectivity index (χ1) is 7.54. The van der Waals surface area contributed by atoms with Crippen molar-refractivity contribution in [1.29, 1.82) is 0 Å². The fourth-order valence-electron chi connectivity index (χ4n) is 3.24. The van der Waals surface area contributed by atoms with Gasteiger partial charge in [-0.1, -0.05) is 13.8 Å². The summed E-state index contributed by atoms with van der Waals surface area (Å²) in [7, 11) is 1.82. The van der Waals surface area contributed by atoms with Gasteiger partial charge in [0.05, 0.1) is 6.10 Å². The Morgan fingerprint density at radius 3 is 2.56 bits per heavy atom. The van der Waals surface area contributed by atoms with Crippen molar-refractivity contribution in [2.75, 3.05) is 13.7 Å². The molecule has 94 valence electrons. The number of methoxy groups -OCH3 is 1. The van der Waals surface area contributed by atoms with Crippen LogP contribution in [0.4, 0.5) is 0 Å². The zero-order chi connectivity index (χ0) is 11.8. The molecule has 3 N–H and O–H groups in total. The van der Waals surface area contributed by atoms with Gasteiger partial charge in [-0.25, -0.2) is 0 Å². The van der Waals surface area contributed by atoms with Gasteiger partial charge < -0.3 is 15.8 Å². The summed E-state index contributed by atoms with van der Waals surface area (Å²) in [5.41, 5.74) is 6.21. The molecule has 0 aromatic rings.